The van der Waals surface area contributed by atoms with Crippen LogP contribution in [0.25, 0.3) is 0 Å². The lowest BCUT2D eigenvalue weighted by Gasteiger charge is -2.18. The molecule has 1 heterocycles. The third-order valence-electron chi connectivity index (χ3n) is 3.09. The van der Waals surface area contributed by atoms with Crippen LogP contribution in [0.2, 0.25) is 0 Å². The van der Waals surface area contributed by atoms with Crippen molar-refractivity contribution in [1.82, 2.24) is 0 Å². The first kappa shape index (κ1) is 12.0. The predicted molar refractivity (Wildman–Crippen MR) is 61.7 cm³/mol. The van der Waals surface area contributed by atoms with Crippen LogP contribution in [0, 0.1) is 11.7 Å². The summed E-state index contributed by atoms with van der Waals surface area (Å²) in [4.78, 5) is 11.3. The summed E-state index contributed by atoms with van der Waals surface area (Å²) in [5.41, 5.74) is 6.81. The second kappa shape index (κ2) is 4.84. The van der Waals surface area contributed by atoms with Gasteiger partial charge in [0.15, 0.2) is 0 Å². The van der Waals surface area contributed by atoms with Crippen LogP contribution in [0.3, 0.4) is 0 Å². The first-order valence-electron chi connectivity index (χ1n) is 5.77. The molecule has 1 aromatic rings. The fourth-order valence-electron chi connectivity index (χ4n) is 2.09. The molecule has 2 rings (SSSR count). The van der Waals surface area contributed by atoms with Crippen LogP contribution in [-0.2, 0) is 16.0 Å². The van der Waals surface area contributed by atoms with E-state index in [0.717, 1.165) is 5.56 Å². The average Bonchev–Trinajstić information content (AvgIpc) is 2.59. The lowest BCUT2D eigenvalue weighted by atomic mass is 9.97. The van der Waals surface area contributed by atoms with Crippen molar-refractivity contribution < 1.29 is 13.9 Å². The van der Waals surface area contributed by atoms with Crippen molar-refractivity contribution in [3.8, 4) is 0 Å². The largest absolute Gasteiger partial charge is 0.460 e. The van der Waals surface area contributed by atoms with Gasteiger partial charge in [-0.25, -0.2) is 4.39 Å². The molecule has 1 aliphatic rings. The molecule has 0 aliphatic carbocycles. The minimum atomic E-state index is -0.273. The van der Waals surface area contributed by atoms with Crippen LogP contribution < -0.4 is 5.73 Å². The van der Waals surface area contributed by atoms with Crippen molar-refractivity contribution in [2.75, 3.05) is 0 Å². The molecule has 0 bridgehead atoms. The lowest BCUT2D eigenvalue weighted by Crippen LogP contribution is -2.36. The fourth-order valence-corrected chi connectivity index (χ4v) is 2.09. The molecule has 0 radical (unpaired) electrons. The van der Waals surface area contributed by atoms with Crippen molar-refractivity contribution >= 4 is 5.97 Å². The molecule has 17 heavy (non-hydrogen) atoms. The third kappa shape index (κ3) is 2.82. The van der Waals surface area contributed by atoms with Crippen molar-refractivity contribution in [3.05, 3.63) is 35.6 Å². The van der Waals surface area contributed by atoms with E-state index in [1.54, 1.807) is 6.07 Å². The van der Waals surface area contributed by atoms with Crippen LogP contribution in [0.4, 0.5) is 4.39 Å². The molecule has 0 saturated carbocycles. The smallest absolute Gasteiger partial charge is 0.309 e. The minimum Gasteiger partial charge on any atom is -0.460 e. The Balaban J connectivity index is 1.98. The minimum absolute atomic E-state index is 0.0847. The van der Waals surface area contributed by atoms with Gasteiger partial charge in [0.25, 0.3) is 0 Å². The Labute approximate surface area is 99.8 Å². The van der Waals surface area contributed by atoms with Crippen LogP contribution >= 0.6 is 0 Å². The molecule has 1 saturated heterocycles. The highest BCUT2D eigenvalue weighted by atomic mass is 19.1. The number of nitrogens with two attached hydrogens (primary N) is 1. The Morgan fingerprint density at radius 2 is 2.35 bits per heavy atom. The standard InChI is InChI=1S/C13H16FNO2/c1-8-5-12(17-13(8)16)11(15)7-9-3-2-4-10(14)6-9/h2-4,6,8,11-12H,5,7,15H2,1H3. The number of cyclic esters (lactones) is 1. The monoisotopic (exact) mass is 237 g/mol. The van der Waals surface area contributed by atoms with Gasteiger partial charge in [0.1, 0.15) is 11.9 Å². The maximum atomic E-state index is 13.0. The Hall–Kier alpha value is -1.42. The number of hydrogen-bond acceptors (Lipinski definition) is 3. The van der Waals surface area contributed by atoms with Gasteiger partial charge in [-0.2, -0.15) is 0 Å². The van der Waals surface area contributed by atoms with Crippen LogP contribution in [0.1, 0.15) is 18.9 Å². The molecule has 0 amide bonds. The Morgan fingerprint density at radius 1 is 1.59 bits per heavy atom. The summed E-state index contributed by atoms with van der Waals surface area (Å²) in [6.07, 6.45) is 0.915. The number of carbonyl (C=O) groups excluding carboxylic acids is 1. The van der Waals surface area contributed by atoms with E-state index in [1.165, 1.54) is 12.1 Å². The SMILES string of the molecule is CC1CC(C(N)Cc2cccc(F)c2)OC1=O. The molecule has 0 aromatic heterocycles. The molecule has 1 aliphatic heterocycles. The Morgan fingerprint density at radius 3 is 2.94 bits per heavy atom. The summed E-state index contributed by atoms with van der Waals surface area (Å²) >= 11 is 0. The highest BCUT2D eigenvalue weighted by Crippen LogP contribution is 2.23. The summed E-state index contributed by atoms with van der Waals surface area (Å²) in [7, 11) is 0. The average molecular weight is 237 g/mol. The zero-order chi connectivity index (χ0) is 12.4. The van der Waals surface area contributed by atoms with Crippen molar-refractivity contribution in [1.29, 1.82) is 0 Å². The number of esters is 1. The van der Waals surface area contributed by atoms with Crippen LogP contribution in [0.15, 0.2) is 24.3 Å². The van der Waals surface area contributed by atoms with E-state index in [2.05, 4.69) is 0 Å². The van der Waals surface area contributed by atoms with Gasteiger partial charge in [-0.15, -0.1) is 0 Å². The normalized spacial score (nSPS) is 25.7. The number of hydrogen-bond donors (Lipinski definition) is 1. The predicted octanol–water partition coefficient (Wildman–Crippen LogP) is 1.65. The van der Waals surface area contributed by atoms with E-state index >= 15 is 0 Å². The van der Waals surface area contributed by atoms with Crippen LogP contribution in [-0.4, -0.2) is 18.1 Å². The summed E-state index contributed by atoms with van der Waals surface area (Å²) in [5.74, 6) is -0.547. The van der Waals surface area contributed by atoms with Gasteiger partial charge in [-0.05, 0) is 30.5 Å². The number of ether oxygens (including phenoxy) is 1. The van der Waals surface area contributed by atoms with Gasteiger partial charge >= 0.3 is 5.97 Å². The third-order valence-corrected chi connectivity index (χ3v) is 3.09. The summed E-state index contributed by atoms with van der Waals surface area (Å²) in [6, 6.07) is 6.06. The molecular formula is C13H16FNO2. The molecule has 3 unspecified atom stereocenters. The second-order valence-electron chi connectivity index (χ2n) is 4.61. The van der Waals surface area contributed by atoms with E-state index in [0.29, 0.717) is 12.8 Å². The van der Waals surface area contributed by atoms with Crippen molar-refractivity contribution in [2.24, 2.45) is 11.7 Å². The number of halogens is 1. The van der Waals surface area contributed by atoms with Gasteiger partial charge in [-0.3, -0.25) is 4.79 Å². The zero-order valence-corrected chi connectivity index (χ0v) is 9.73. The number of rotatable bonds is 3. The van der Waals surface area contributed by atoms with Crippen molar-refractivity contribution in [3.63, 3.8) is 0 Å². The first-order chi connectivity index (χ1) is 8.06. The topological polar surface area (TPSA) is 52.3 Å². The molecule has 1 fully saturated rings. The molecule has 4 heteroatoms. The second-order valence-corrected chi connectivity index (χ2v) is 4.61. The lowest BCUT2D eigenvalue weighted by molar-refractivity contribution is -0.144. The highest BCUT2D eigenvalue weighted by Gasteiger charge is 2.34. The highest BCUT2D eigenvalue weighted by molar-refractivity contribution is 5.74. The molecule has 1 aromatic carbocycles. The van der Waals surface area contributed by atoms with Crippen LogP contribution in [0.5, 0.6) is 0 Å². The molecule has 0 spiro atoms. The number of carbonyl (C=O) groups is 1. The fraction of sp³-hybridized carbons (Fsp3) is 0.462. The van der Waals surface area contributed by atoms with Gasteiger partial charge in [-0.1, -0.05) is 19.1 Å². The van der Waals surface area contributed by atoms with Gasteiger partial charge in [0, 0.05) is 6.04 Å². The molecular weight excluding hydrogens is 221 g/mol. The first-order valence-corrected chi connectivity index (χ1v) is 5.77. The molecule has 3 atom stereocenters. The molecule has 2 N–H and O–H groups in total. The van der Waals surface area contributed by atoms with Gasteiger partial charge < -0.3 is 10.5 Å². The summed E-state index contributed by atoms with van der Waals surface area (Å²) in [6.45, 7) is 1.83. The van der Waals surface area contributed by atoms with E-state index < -0.39 is 0 Å². The Kier molecular flexibility index (Phi) is 3.43. The van der Waals surface area contributed by atoms with E-state index in [9.17, 15) is 9.18 Å². The van der Waals surface area contributed by atoms with Gasteiger partial charge in [0.05, 0.1) is 5.92 Å². The Bertz CT molecular complexity index is 422. The van der Waals surface area contributed by atoms with E-state index in [4.69, 9.17) is 10.5 Å². The summed E-state index contributed by atoms with van der Waals surface area (Å²) < 4.78 is 18.2. The van der Waals surface area contributed by atoms with Crippen molar-refractivity contribution in [2.45, 2.75) is 31.9 Å². The summed E-state index contributed by atoms with van der Waals surface area (Å²) in [5, 5.41) is 0. The quantitative estimate of drug-likeness (QED) is 0.813. The molecule has 92 valence electrons. The van der Waals surface area contributed by atoms with E-state index in [1.807, 2.05) is 13.0 Å². The maximum Gasteiger partial charge on any atom is 0.309 e. The van der Waals surface area contributed by atoms with E-state index in [-0.39, 0.29) is 29.9 Å². The number of benzene rings is 1. The zero-order valence-electron chi connectivity index (χ0n) is 9.73. The molecule has 3 nitrogen and oxygen atoms in total. The van der Waals surface area contributed by atoms with Gasteiger partial charge in [0.2, 0.25) is 0 Å². The maximum absolute atomic E-state index is 13.0.